The summed E-state index contributed by atoms with van der Waals surface area (Å²) in [5.41, 5.74) is 0. The van der Waals surface area contributed by atoms with Gasteiger partial charge in [-0.05, 0) is 39.4 Å². The molecule has 0 aliphatic carbocycles. The molecule has 0 amide bonds. The lowest BCUT2D eigenvalue weighted by Crippen LogP contribution is -2.34. The zero-order valence-corrected chi connectivity index (χ0v) is 10.5. The van der Waals surface area contributed by atoms with E-state index in [1.165, 1.54) is 0 Å². The standard InChI is InChI=1S/C12H22N2O3/c1-14-7-4-11(8-14)17-12(15)9-16-10-2-5-13-6-3-10/h10-11,13H,2-9H2,1H3. The Morgan fingerprint density at radius 3 is 2.71 bits per heavy atom. The van der Waals surface area contributed by atoms with Gasteiger partial charge in [-0.3, -0.25) is 0 Å². The second kappa shape index (κ2) is 6.33. The van der Waals surface area contributed by atoms with Crippen molar-refractivity contribution in [2.45, 2.75) is 31.5 Å². The van der Waals surface area contributed by atoms with Crippen LogP contribution in [0.3, 0.4) is 0 Å². The van der Waals surface area contributed by atoms with Gasteiger partial charge in [0, 0.05) is 13.1 Å². The van der Waals surface area contributed by atoms with E-state index in [2.05, 4.69) is 10.2 Å². The Morgan fingerprint density at radius 1 is 1.29 bits per heavy atom. The van der Waals surface area contributed by atoms with E-state index >= 15 is 0 Å². The molecular formula is C12H22N2O3. The maximum absolute atomic E-state index is 11.6. The Labute approximate surface area is 102 Å². The van der Waals surface area contributed by atoms with Crippen molar-refractivity contribution in [2.24, 2.45) is 0 Å². The molecule has 1 atom stereocenters. The van der Waals surface area contributed by atoms with E-state index in [1.54, 1.807) is 0 Å². The van der Waals surface area contributed by atoms with Crippen LogP contribution >= 0.6 is 0 Å². The van der Waals surface area contributed by atoms with Gasteiger partial charge in [0.2, 0.25) is 0 Å². The zero-order chi connectivity index (χ0) is 12.1. The molecule has 1 unspecified atom stereocenters. The molecule has 1 N–H and O–H groups in total. The second-order valence-electron chi connectivity index (χ2n) is 4.92. The fraction of sp³-hybridized carbons (Fsp3) is 0.917. The summed E-state index contributed by atoms with van der Waals surface area (Å²) < 4.78 is 10.9. The van der Waals surface area contributed by atoms with Gasteiger partial charge in [-0.25, -0.2) is 4.79 Å². The molecule has 5 heteroatoms. The van der Waals surface area contributed by atoms with Gasteiger partial charge in [-0.2, -0.15) is 0 Å². The number of carbonyl (C=O) groups excluding carboxylic acids is 1. The lowest BCUT2D eigenvalue weighted by atomic mass is 10.1. The summed E-state index contributed by atoms with van der Waals surface area (Å²) in [6.07, 6.45) is 3.19. The first-order valence-corrected chi connectivity index (χ1v) is 6.44. The summed E-state index contributed by atoms with van der Waals surface area (Å²) in [4.78, 5) is 13.7. The first-order valence-electron chi connectivity index (χ1n) is 6.44. The molecule has 17 heavy (non-hydrogen) atoms. The van der Waals surface area contributed by atoms with Crippen LogP contribution in [0.2, 0.25) is 0 Å². The minimum Gasteiger partial charge on any atom is -0.459 e. The SMILES string of the molecule is CN1CCC(OC(=O)COC2CCNCC2)C1. The number of ether oxygens (including phenoxy) is 2. The molecule has 0 aromatic rings. The maximum atomic E-state index is 11.6. The van der Waals surface area contributed by atoms with Crippen LogP contribution in [0, 0.1) is 0 Å². The van der Waals surface area contributed by atoms with E-state index in [1.807, 2.05) is 7.05 Å². The number of esters is 1. The van der Waals surface area contributed by atoms with Crippen LogP contribution in [0.1, 0.15) is 19.3 Å². The molecule has 98 valence electrons. The van der Waals surface area contributed by atoms with Crippen LogP contribution < -0.4 is 5.32 Å². The fourth-order valence-corrected chi connectivity index (χ4v) is 2.36. The zero-order valence-electron chi connectivity index (χ0n) is 10.5. The highest BCUT2D eigenvalue weighted by Crippen LogP contribution is 2.11. The topological polar surface area (TPSA) is 50.8 Å². The van der Waals surface area contributed by atoms with Crippen molar-refractivity contribution in [1.82, 2.24) is 10.2 Å². The Hall–Kier alpha value is -0.650. The van der Waals surface area contributed by atoms with Crippen LogP contribution in [0.5, 0.6) is 0 Å². The van der Waals surface area contributed by atoms with Gasteiger partial charge < -0.3 is 19.7 Å². The van der Waals surface area contributed by atoms with Crippen molar-refractivity contribution in [1.29, 1.82) is 0 Å². The quantitative estimate of drug-likeness (QED) is 0.703. The number of hydrogen-bond donors (Lipinski definition) is 1. The lowest BCUT2D eigenvalue weighted by Gasteiger charge is -2.22. The number of nitrogens with zero attached hydrogens (tertiary/aromatic N) is 1. The van der Waals surface area contributed by atoms with Crippen molar-refractivity contribution in [3.8, 4) is 0 Å². The minimum atomic E-state index is -0.219. The molecule has 0 bridgehead atoms. The van der Waals surface area contributed by atoms with Crippen LogP contribution in [0.25, 0.3) is 0 Å². The largest absolute Gasteiger partial charge is 0.459 e. The molecule has 5 nitrogen and oxygen atoms in total. The third kappa shape index (κ3) is 4.26. The number of likely N-dealkylation sites (tertiary alicyclic amines) is 1. The van der Waals surface area contributed by atoms with Crippen LogP contribution in [-0.2, 0) is 14.3 Å². The molecule has 2 aliphatic rings. The number of carbonyl (C=O) groups is 1. The minimum absolute atomic E-state index is 0.0594. The van der Waals surface area contributed by atoms with E-state index in [4.69, 9.17) is 9.47 Å². The van der Waals surface area contributed by atoms with Crippen LogP contribution in [0.4, 0.5) is 0 Å². The molecule has 2 fully saturated rings. The molecule has 2 heterocycles. The highest BCUT2D eigenvalue weighted by molar-refractivity contribution is 5.70. The normalized spacial score (nSPS) is 27.2. The molecule has 0 aromatic heterocycles. The monoisotopic (exact) mass is 242 g/mol. The maximum Gasteiger partial charge on any atom is 0.332 e. The molecule has 2 rings (SSSR count). The Morgan fingerprint density at radius 2 is 2.06 bits per heavy atom. The van der Waals surface area contributed by atoms with Gasteiger partial charge in [0.15, 0.2) is 0 Å². The fourth-order valence-electron chi connectivity index (χ4n) is 2.36. The molecule has 0 radical (unpaired) electrons. The van der Waals surface area contributed by atoms with Crippen LogP contribution in [0.15, 0.2) is 0 Å². The predicted octanol–water partition coefficient (Wildman–Crippen LogP) is 0.00230. The average molecular weight is 242 g/mol. The Bertz CT molecular complexity index is 254. The summed E-state index contributed by atoms with van der Waals surface area (Å²) in [6, 6.07) is 0. The second-order valence-corrected chi connectivity index (χ2v) is 4.92. The average Bonchev–Trinajstić information content (AvgIpc) is 2.73. The van der Waals surface area contributed by atoms with Crippen molar-refractivity contribution >= 4 is 5.97 Å². The number of likely N-dealkylation sites (N-methyl/N-ethyl adjacent to an activating group) is 1. The first kappa shape index (κ1) is 12.8. The highest BCUT2D eigenvalue weighted by atomic mass is 16.6. The van der Waals surface area contributed by atoms with Gasteiger partial charge in [-0.1, -0.05) is 0 Å². The summed E-state index contributed by atoms with van der Waals surface area (Å²) >= 11 is 0. The van der Waals surface area contributed by atoms with E-state index < -0.39 is 0 Å². The number of nitrogens with one attached hydrogen (secondary N) is 1. The van der Waals surface area contributed by atoms with Crippen molar-refractivity contribution in [2.75, 3.05) is 39.8 Å². The van der Waals surface area contributed by atoms with E-state index in [0.29, 0.717) is 0 Å². The third-order valence-corrected chi connectivity index (χ3v) is 3.37. The van der Waals surface area contributed by atoms with E-state index in [9.17, 15) is 4.79 Å². The first-order chi connectivity index (χ1) is 8.24. The number of hydrogen-bond acceptors (Lipinski definition) is 5. The number of piperidine rings is 1. The number of rotatable bonds is 4. The molecule has 0 spiro atoms. The Kier molecular flexibility index (Phi) is 4.76. The van der Waals surface area contributed by atoms with Crippen LogP contribution in [-0.4, -0.2) is 62.9 Å². The molecule has 2 saturated heterocycles. The lowest BCUT2D eigenvalue weighted by molar-refractivity contribution is -0.156. The van der Waals surface area contributed by atoms with Gasteiger partial charge in [0.05, 0.1) is 6.10 Å². The molecule has 0 saturated carbocycles. The Balaban J connectivity index is 1.60. The molecule has 2 aliphatic heterocycles. The van der Waals surface area contributed by atoms with Gasteiger partial charge >= 0.3 is 5.97 Å². The highest BCUT2D eigenvalue weighted by Gasteiger charge is 2.23. The van der Waals surface area contributed by atoms with E-state index in [-0.39, 0.29) is 24.8 Å². The van der Waals surface area contributed by atoms with Gasteiger partial charge in [0.1, 0.15) is 12.7 Å². The predicted molar refractivity (Wildman–Crippen MR) is 63.8 cm³/mol. The summed E-state index contributed by atoms with van der Waals surface area (Å²) in [5.74, 6) is -0.219. The van der Waals surface area contributed by atoms with Gasteiger partial charge in [-0.15, -0.1) is 0 Å². The smallest absolute Gasteiger partial charge is 0.332 e. The summed E-state index contributed by atoms with van der Waals surface area (Å²) in [6.45, 7) is 3.91. The summed E-state index contributed by atoms with van der Waals surface area (Å²) in [5, 5.41) is 3.26. The third-order valence-electron chi connectivity index (χ3n) is 3.37. The van der Waals surface area contributed by atoms with E-state index in [0.717, 1.165) is 45.4 Å². The van der Waals surface area contributed by atoms with Crippen molar-refractivity contribution in [3.63, 3.8) is 0 Å². The summed E-state index contributed by atoms with van der Waals surface area (Å²) in [7, 11) is 2.04. The molecular weight excluding hydrogens is 220 g/mol. The van der Waals surface area contributed by atoms with Crippen molar-refractivity contribution < 1.29 is 14.3 Å². The van der Waals surface area contributed by atoms with Gasteiger partial charge in [0.25, 0.3) is 0 Å². The van der Waals surface area contributed by atoms with Crippen molar-refractivity contribution in [3.05, 3.63) is 0 Å². The molecule has 0 aromatic carbocycles.